The summed E-state index contributed by atoms with van der Waals surface area (Å²) in [7, 11) is 3.18. The molecular formula is C20H20N4O2. The minimum absolute atomic E-state index is 0.0321. The predicted octanol–water partition coefficient (Wildman–Crippen LogP) is 2.56. The molecule has 132 valence electrons. The van der Waals surface area contributed by atoms with Gasteiger partial charge in [-0.25, -0.2) is 0 Å². The van der Waals surface area contributed by atoms with Gasteiger partial charge in [0.2, 0.25) is 5.91 Å². The number of nitrogens with zero attached hydrogens (tertiary/aromatic N) is 2. The van der Waals surface area contributed by atoms with E-state index in [-0.39, 0.29) is 11.9 Å². The number of ether oxygens (including phenoxy) is 1. The van der Waals surface area contributed by atoms with Crippen LogP contribution in [0.2, 0.25) is 0 Å². The van der Waals surface area contributed by atoms with Crippen molar-refractivity contribution in [3.8, 4) is 11.8 Å². The van der Waals surface area contributed by atoms with E-state index < -0.39 is 11.5 Å². The smallest absolute Gasteiger partial charge is 0.239 e. The summed E-state index contributed by atoms with van der Waals surface area (Å²) in [5.41, 5.74) is 1.25. The fourth-order valence-electron chi connectivity index (χ4n) is 3.38. The highest BCUT2D eigenvalue weighted by molar-refractivity contribution is 6.02. The summed E-state index contributed by atoms with van der Waals surface area (Å²) in [5, 5.41) is 20.5. The van der Waals surface area contributed by atoms with Crippen LogP contribution in [0.4, 0.5) is 0 Å². The van der Waals surface area contributed by atoms with Crippen molar-refractivity contribution >= 4 is 11.9 Å². The van der Waals surface area contributed by atoms with Crippen LogP contribution in [0.15, 0.2) is 48.5 Å². The molecule has 1 heterocycles. The Morgan fingerprint density at radius 2 is 1.96 bits per heavy atom. The van der Waals surface area contributed by atoms with Gasteiger partial charge in [0.1, 0.15) is 5.75 Å². The number of carbonyl (C=O) groups excluding carboxylic acids is 1. The van der Waals surface area contributed by atoms with Gasteiger partial charge in [-0.1, -0.05) is 24.3 Å². The normalized spacial score (nSPS) is 22.5. The average Bonchev–Trinajstić information content (AvgIpc) is 2.67. The lowest BCUT2D eigenvalue weighted by Gasteiger charge is -2.46. The number of nitriles is 1. The Balaban J connectivity index is 2.16. The zero-order valence-electron chi connectivity index (χ0n) is 14.9. The molecule has 0 saturated carbocycles. The van der Waals surface area contributed by atoms with Crippen molar-refractivity contribution in [2.75, 3.05) is 14.2 Å². The van der Waals surface area contributed by atoms with Crippen LogP contribution in [0.1, 0.15) is 29.5 Å². The molecule has 2 atom stereocenters. The Morgan fingerprint density at radius 3 is 2.58 bits per heavy atom. The third kappa shape index (κ3) is 2.78. The summed E-state index contributed by atoms with van der Waals surface area (Å²) >= 11 is 0. The monoisotopic (exact) mass is 348 g/mol. The first-order valence-electron chi connectivity index (χ1n) is 8.19. The number of methoxy groups -OCH3 is 1. The number of carbonyl (C=O) groups is 1. The molecule has 3 rings (SSSR count). The third-order valence-electron chi connectivity index (χ3n) is 4.91. The van der Waals surface area contributed by atoms with Crippen LogP contribution >= 0.6 is 0 Å². The average molecular weight is 348 g/mol. The van der Waals surface area contributed by atoms with Gasteiger partial charge in [-0.05, 0) is 42.3 Å². The Bertz CT molecular complexity index is 901. The standard InChI is InChI=1S/C20H20N4O2/c1-20(15-6-4-5-13(11-15)12-21)17(18(25)24(2)19(22)23-20)14-7-9-16(26-3)10-8-14/h4-11,17H,1-3H3,(H2,22,23)/t17-,20+/m0/s1. The summed E-state index contributed by atoms with van der Waals surface area (Å²) in [6.45, 7) is 1.89. The highest BCUT2D eigenvalue weighted by atomic mass is 16.5. The van der Waals surface area contributed by atoms with E-state index in [0.29, 0.717) is 11.3 Å². The maximum Gasteiger partial charge on any atom is 0.239 e. The molecule has 1 fully saturated rings. The zero-order valence-corrected chi connectivity index (χ0v) is 14.9. The number of rotatable bonds is 3. The molecule has 0 aliphatic carbocycles. The van der Waals surface area contributed by atoms with Crippen molar-refractivity contribution in [1.29, 1.82) is 10.7 Å². The van der Waals surface area contributed by atoms with Crippen molar-refractivity contribution in [3.63, 3.8) is 0 Å². The third-order valence-corrected chi connectivity index (χ3v) is 4.91. The minimum Gasteiger partial charge on any atom is -0.497 e. The van der Waals surface area contributed by atoms with Crippen LogP contribution < -0.4 is 10.1 Å². The minimum atomic E-state index is -0.859. The molecule has 1 saturated heterocycles. The van der Waals surface area contributed by atoms with Gasteiger partial charge >= 0.3 is 0 Å². The van der Waals surface area contributed by atoms with Crippen molar-refractivity contribution in [1.82, 2.24) is 10.2 Å². The van der Waals surface area contributed by atoms with Crippen molar-refractivity contribution in [2.45, 2.75) is 18.4 Å². The van der Waals surface area contributed by atoms with E-state index in [2.05, 4.69) is 11.4 Å². The molecule has 1 amide bonds. The van der Waals surface area contributed by atoms with Gasteiger partial charge in [-0.3, -0.25) is 15.1 Å². The maximum atomic E-state index is 13.1. The fourth-order valence-corrected chi connectivity index (χ4v) is 3.38. The topological polar surface area (TPSA) is 89.2 Å². The van der Waals surface area contributed by atoms with Crippen molar-refractivity contribution in [3.05, 3.63) is 65.2 Å². The molecule has 0 radical (unpaired) electrons. The van der Waals surface area contributed by atoms with Gasteiger partial charge in [0, 0.05) is 7.05 Å². The summed E-state index contributed by atoms with van der Waals surface area (Å²) in [5.74, 6) is 0.00842. The van der Waals surface area contributed by atoms with Crippen molar-refractivity contribution < 1.29 is 9.53 Å². The summed E-state index contributed by atoms with van der Waals surface area (Å²) in [4.78, 5) is 14.4. The predicted molar refractivity (Wildman–Crippen MR) is 97.9 cm³/mol. The first kappa shape index (κ1) is 17.5. The molecule has 1 aliphatic heterocycles. The molecular weight excluding hydrogens is 328 g/mol. The van der Waals surface area contributed by atoms with Crippen LogP contribution in [-0.4, -0.2) is 30.9 Å². The molecule has 1 aliphatic rings. The number of hydrogen-bond acceptors (Lipinski definition) is 4. The van der Waals surface area contributed by atoms with Crippen LogP contribution in [0.5, 0.6) is 5.75 Å². The van der Waals surface area contributed by atoms with Crippen LogP contribution in [0.25, 0.3) is 0 Å². The fraction of sp³-hybridized carbons (Fsp3) is 0.250. The Labute approximate surface area is 152 Å². The Morgan fingerprint density at radius 1 is 1.27 bits per heavy atom. The molecule has 0 bridgehead atoms. The van der Waals surface area contributed by atoms with Gasteiger partial charge in [-0.15, -0.1) is 0 Å². The molecule has 0 spiro atoms. The SMILES string of the molecule is COc1ccc([C@H]2C(=O)N(C)C(=N)N[C@]2(C)c2cccc(C#N)c2)cc1. The molecule has 2 aromatic carbocycles. The molecule has 0 unspecified atom stereocenters. The van der Waals surface area contributed by atoms with E-state index in [1.165, 1.54) is 4.90 Å². The number of benzene rings is 2. The lowest BCUT2D eigenvalue weighted by Crippen LogP contribution is -2.62. The van der Waals surface area contributed by atoms with Gasteiger partial charge in [-0.2, -0.15) is 5.26 Å². The second kappa shape index (κ2) is 6.52. The van der Waals surface area contributed by atoms with E-state index >= 15 is 0 Å². The summed E-state index contributed by atoms with van der Waals surface area (Å²) < 4.78 is 5.21. The van der Waals surface area contributed by atoms with Crippen LogP contribution in [-0.2, 0) is 10.3 Å². The van der Waals surface area contributed by atoms with E-state index in [1.807, 2.05) is 37.3 Å². The number of amides is 1. The lowest BCUT2D eigenvalue weighted by atomic mass is 9.73. The highest BCUT2D eigenvalue weighted by Crippen LogP contribution is 2.41. The second-order valence-corrected chi connectivity index (χ2v) is 6.47. The van der Waals surface area contributed by atoms with Crippen LogP contribution in [0.3, 0.4) is 0 Å². The van der Waals surface area contributed by atoms with E-state index in [9.17, 15) is 10.1 Å². The summed E-state index contributed by atoms with van der Waals surface area (Å²) in [6, 6.07) is 16.6. The first-order chi connectivity index (χ1) is 12.4. The quantitative estimate of drug-likeness (QED) is 0.892. The van der Waals surface area contributed by atoms with Gasteiger partial charge in [0.25, 0.3) is 0 Å². The first-order valence-corrected chi connectivity index (χ1v) is 8.19. The van der Waals surface area contributed by atoms with Gasteiger partial charge < -0.3 is 10.1 Å². The molecule has 26 heavy (non-hydrogen) atoms. The summed E-state index contributed by atoms with van der Waals surface area (Å²) in [6.07, 6.45) is 0. The molecule has 0 aromatic heterocycles. The lowest BCUT2D eigenvalue weighted by molar-refractivity contribution is -0.131. The Kier molecular flexibility index (Phi) is 4.39. The van der Waals surface area contributed by atoms with E-state index in [0.717, 1.165) is 11.1 Å². The zero-order chi connectivity index (χ0) is 18.9. The van der Waals surface area contributed by atoms with E-state index in [1.54, 1.807) is 32.4 Å². The number of likely N-dealkylation sites (N-methyl/N-ethyl adjacent to an activating group) is 1. The molecule has 2 N–H and O–H groups in total. The number of hydrogen-bond donors (Lipinski definition) is 2. The van der Waals surface area contributed by atoms with Crippen molar-refractivity contribution in [2.24, 2.45) is 0 Å². The Hall–Kier alpha value is -3.33. The highest BCUT2D eigenvalue weighted by Gasteiger charge is 2.48. The number of guanidine groups is 1. The largest absolute Gasteiger partial charge is 0.497 e. The maximum absolute atomic E-state index is 13.1. The van der Waals surface area contributed by atoms with E-state index in [4.69, 9.17) is 10.1 Å². The molecule has 6 nitrogen and oxygen atoms in total. The van der Waals surface area contributed by atoms with Gasteiger partial charge in [0.15, 0.2) is 5.96 Å². The van der Waals surface area contributed by atoms with Crippen LogP contribution in [0, 0.1) is 16.7 Å². The second-order valence-electron chi connectivity index (χ2n) is 6.47. The van der Waals surface area contributed by atoms with Gasteiger partial charge in [0.05, 0.1) is 30.2 Å². The number of nitrogens with one attached hydrogen (secondary N) is 2. The molecule has 6 heteroatoms. The molecule has 2 aromatic rings.